The molecular weight excluding hydrogens is 372 g/mol. The van der Waals surface area contributed by atoms with Gasteiger partial charge in [0.05, 0.1) is 4.47 Å². The van der Waals surface area contributed by atoms with E-state index >= 15 is 0 Å². The van der Waals surface area contributed by atoms with Gasteiger partial charge in [0.15, 0.2) is 11.5 Å². The van der Waals surface area contributed by atoms with Crippen molar-refractivity contribution >= 4 is 21.9 Å². The Morgan fingerprint density at radius 2 is 1.75 bits per heavy atom. The number of nitrogens with zero attached hydrogens (tertiary/aromatic N) is 4. The highest BCUT2D eigenvalue weighted by Crippen LogP contribution is 2.35. The summed E-state index contributed by atoms with van der Waals surface area (Å²) in [4.78, 5) is 13.5. The van der Waals surface area contributed by atoms with Crippen LogP contribution in [-0.2, 0) is 0 Å². The molecule has 0 amide bonds. The maximum atomic E-state index is 5.49. The first kappa shape index (κ1) is 15.7. The average molecular weight is 391 g/mol. The van der Waals surface area contributed by atoms with Gasteiger partial charge in [0.25, 0.3) is 0 Å². The molecule has 1 unspecified atom stereocenters. The van der Waals surface area contributed by atoms with E-state index in [0.29, 0.717) is 12.8 Å². The molecule has 0 aliphatic carbocycles. The second-order valence-electron chi connectivity index (χ2n) is 6.01. The number of benzene rings is 1. The summed E-state index contributed by atoms with van der Waals surface area (Å²) < 4.78 is 11.8. The molecule has 126 valence electrons. The maximum absolute atomic E-state index is 5.49. The molecule has 1 saturated heterocycles. The second-order valence-corrected chi connectivity index (χ2v) is 6.93. The molecule has 3 heterocycles. The number of ether oxygens (including phenoxy) is 2. The molecule has 0 radical (unpaired) electrons. The number of fused-ring (bicyclic) bond motifs is 1. The van der Waals surface area contributed by atoms with Crippen LogP contribution in [-0.4, -0.2) is 47.8 Å². The first-order valence-electron chi connectivity index (χ1n) is 8.07. The SMILES string of the molecule is CC(c1ccc2c(c1)OCO2)N1CCN(c2ncc(Br)cn2)CC1. The summed E-state index contributed by atoms with van der Waals surface area (Å²) in [6.07, 6.45) is 3.59. The fourth-order valence-corrected chi connectivity index (χ4v) is 3.37. The lowest BCUT2D eigenvalue weighted by Crippen LogP contribution is -2.47. The standard InChI is InChI=1S/C17H19BrN4O2/c1-12(13-2-3-15-16(8-13)24-11-23-15)21-4-6-22(7-5-21)17-19-9-14(18)10-20-17/h2-3,8-10,12H,4-7,11H2,1H3. The van der Waals surface area contributed by atoms with Crippen molar-refractivity contribution in [2.45, 2.75) is 13.0 Å². The summed E-state index contributed by atoms with van der Waals surface area (Å²) in [6, 6.07) is 6.56. The molecule has 1 aromatic carbocycles. The average Bonchev–Trinajstić information content (AvgIpc) is 3.09. The van der Waals surface area contributed by atoms with Gasteiger partial charge in [-0.25, -0.2) is 9.97 Å². The minimum atomic E-state index is 0.318. The van der Waals surface area contributed by atoms with E-state index in [1.807, 2.05) is 6.07 Å². The van der Waals surface area contributed by atoms with Gasteiger partial charge >= 0.3 is 0 Å². The van der Waals surface area contributed by atoms with Gasteiger partial charge in [0.2, 0.25) is 12.7 Å². The maximum Gasteiger partial charge on any atom is 0.231 e. The molecule has 1 atom stereocenters. The fourth-order valence-electron chi connectivity index (χ4n) is 3.16. The van der Waals surface area contributed by atoms with Crippen LogP contribution in [0, 0.1) is 0 Å². The van der Waals surface area contributed by atoms with E-state index in [4.69, 9.17) is 9.47 Å². The Bertz CT molecular complexity index is 717. The van der Waals surface area contributed by atoms with Crippen molar-refractivity contribution in [2.24, 2.45) is 0 Å². The number of rotatable bonds is 3. The van der Waals surface area contributed by atoms with Crippen LogP contribution in [0.2, 0.25) is 0 Å². The lowest BCUT2D eigenvalue weighted by atomic mass is 10.1. The number of hydrogen-bond donors (Lipinski definition) is 0. The van der Waals surface area contributed by atoms with Gasteiger partial charge in [-0.05, 0) is 40.5 Å². The van der Waals surface area contributed by atoms with Gasteiger partial charge in [-0.2, -0.15) is 0 Å². The molecule has 1 aromatic heterocycles. The third-order valence-corrected chi connectivity index (χ3v) is 5.04. The van der Waals surface area contributed by atoms with E-state index in [0.717, 1.165) is 48.1 Å². The minimum Gasteiger partial charge on any atom is -0.454 e. The third-order valence-electron chi connectivity index (χ3n) is 4.63. The summed E-state index contributed by atoms with van der Waals surface area (Å²) in [5.74, 6) is 2.48. The van der Waals surface area contributed by atoms with Crippen LogP contribution in [0.5, 0.6) is 11.5 Å². The predicted octanol–water partition coefficient (Wildman–Crippen LogP) is 2.85. The van der Waals surface area contributed by atoms with Crippen molar-refractivity contribution < 1.29 is 9.47 Å². The molecule has 4 rings (SSSR count). The molecule has 7 heteroatoms. The van der Waals surface area contributed by atoms with Crippen molar-refractivity contribution in [1.29, 1.82) is 0 Å². The Hall–Kier alpha value is -1.86. The quantitative estimate of drug-likeness (QED) is 0.802. The second kappa shape index (κ2) is 6.57. The largest absolute Gasteiger partial charge is 0.454 e. The monoisotopic (exact) mass is 390 g/mol. The highest BCUT2D eigenvalue weighted by molar-refractivity contribution is 9.10. The summed E-state index contributed by atoms with van der Waals surface area (Å²) in [5.41, 5.74) is 1.26. The summed E-state index contributed by atoms with van der Waals surface area (Å²) >= 11 is 3.37. The number of hydrogen-bond acceptors (Lipinski definition) is 6. The molecule has 24 heavy (non-hydrogen) atoms. The molecule has 1 fully saturated rings. The fraction of sp³-hybridized carbons (Fsp3) is 0.412. The van der Waals surface area contributed by atoms with E-state index < -0.39 is 0 Å². The van der Waals surface area contributed by atoms with Gasteiger partial charge in [-0.3, -0.25) is 4.90 Å². The van der Waals surface area contributed by atoms with Gasteiger partial charge in [0.1, 0.15) is 0 Å². The zero-order chi connectivity index (χ0) is 16.5. The molecule has 2 aliphatic rings. The highest BCUT2D eigenvalue weighted by atomic mass is 79.9. The molecular formula is C17H19BrN4O2. The zero-order valence-electron chi connectivity index (χ0n) is 13.5. The van der Waals surface area contributed by atoms with Gasteiger partial charge in [-0.15, -0.1) is 0 Å². The smallest absolute Gasteiger partial charge is 0.231 e. The van der Waals surface area contributed by atoms with Crippen molar-refractivity contribution in [2.75, 3.05) is 37.9 Å². The predicted molar refractivity (Wildman–Crippen MR) is 94.5 cm³/mol. The molecule has 2 aromatic rings. The van der Waals surface area contributed by atoms with Gasteiger partial charge in [0, 0.05) is 44.6 Å². The zero-order valence-corrected chi connectivity index (χ0v) is 15.1. The first-order chi connectivity index (χ1) is 11.7. The molecule has 2 aliphatic heterocycles. The normalized spacial score (nSPS) is 18.7. The molecule has 0 saturated carbocycles. The molecule has 0 N–H and O–H groups in total. The third kappa shape index (κ3) is 3.06. The van der Waals surface area contributed by atoms with Crippen LogP contribution in [0.15, 0.2) is 35.1 Å². The van der Waals surface area contributed by atoms with Gasteiger partial charge < -0.3 is 14.4 Å². The van der Waals surface area contributed by atoms with E-state index in [1.54, 1.807) is 12.4 Å². The Kier molecular flexibility index (Phi) is 4.28. The van der Waals surface area contributed by atoms with Crippen LogP contribution in [0.3, 0.4) is 0 Å². The van der Waals surface area contributed by atoms with E-state index in [2.05, 4.69) is 54.8 Å². The van der Waals surface area contributed by atoms with Gasteiger partial charge in [-0.1, -0.05) is 6.07 Å². The number of halogens is 1. The van der Waals surface area contributed by atoms with Crippen LogP contribution in [0.25, 0.3) is 0 Å². The Labute approximate surface area is 149 Å². The van der Waals surface area contributed by atoms with Crippen molar-refractivity contribution in [3.05, 3.63) is 40.6 Å². The topological polar surface area (TPSA) is 50.7 Å². The molecule has 0 bridgehead atoms. The Morgan fingerprint density at radius 3 is 2.50 bits per heavy atom. The Balaban J connectivity index is 1.41. The summed E-state index contributed by atoms with van der Waals surface area (Å²) in [7, 11) is 0. The van der Waals surface area contributed by atoms with Crippen molar-refractivity contribution in [1.82, 2.24) is 14.9 Å². The van der Waals surface area contributed by atoms with E-state index in [9.17, 15) is 0 Å². The summed E-state index contributed by atoms with van der Waals surface area (Å²) in [6.45, 7) is 6.37. The van der Waals surface area contributed by atoms with Crippen LogP contribution in [0.4, 0.5) is 5.95 Å². The van der Waals surface area contributed by atoms with Crippen LogP contribution < -0.4 is 14.4 Å². The lowest BCUT2D eigenvalue weighted by molar-refractivity contribution is 0.173. The van der Waals surface area contributed by atoms with Crippen molar-refractivity contribution in [3.63, 3.8) is 0 Å². The van der Waals surface area contributed by atoms with E-state index in [-0.39, 0.29) is 0 Å². The van der Waals surface area contributed by atoms with E-state index in [1.165, 1.54) is 5.56 Å². The lowest BCUT2D eigenvalue weighted by Gasteiger charge is -2.38. The minimum absolute atomic E-state index is 0.318. The summed E-state index contributed by atoms with van der Waals surface area (Å²) in [5, 5.41) is 0. The number of piperazine rings is 1. The first-order valence-corrected chi connectivity index (χ1v) is 8.86. The molecule has 6 nitrogen and oxygen atoms in total. The number of anilines is 1. The highest BCUT2D eigenvalue weighted by Gasteiger charge is 2.24. The Morgan fingerprint density at radius 1 is 1.04 bits per heavy atom. The van der Waals surface area contributed by atoms with Crippen LogP contribution >= 0.6 is 15.9 Å². The van der Waals surface area contributed by atoms with Crippen molar-refractivity contribution in [3.8, 4) is 11.5 Å². The molecule has 0 spiro atoms. The van der Waals surface area contributed by atoms with Crippen LogP contribution in [0.1, 0.15) is 18.5 Å². The number of aromatic nitrogens is 2.